The first-order valence-corrected chi connectivity index (χ1v) is 15.3. The SMILES string of the molecule is c1ccc(-c2cc(-c3ccccc3)nc(-c3nc(-n4c5ccccc5c5ccccc54)nc4c3sc3ccccc34)n2)cc1. The van der Waals surface area contributed by atoms with E-state index in [9.17, 15) is 0 Å². The number of nitrogens with zero attached hydrogens (tertiary/aromatic N) is 5. The number of hydrogen-bond acceptors (Lipinski definition) is 5. The van der Waals surface area contributed by atoms with Crippen LogP contribution in [0.15, 0.2) is 140 Å². The van der Waals surface area contributed by atoms with Crippen LogP contribution in [0.3, 0.4) is 0 Å². The van der Waals surface area contributed by atoms with Crippen molar-refractivity contribution in [3.63, 3.8) is 0 Å². The van der Waals surface area contributed by atoms with Gasteiger partial charge in [0, 0.05) is 32.0 Å². The van der Waals surface area contributed by atoms with E-state index in [4.69, 9.17) is 19.9 Å². The van der Waals surface area contributed by atoms with Crippen LogP contribution in [0.5, 0.6) is 0 Å². The summed E-state index contributed by atoms with van der Waals surface area (Å²) in [7, 11) is 0. The lowest BCUT2D eigenvalue weighted by Crippen LogP contribution is -2.04. The number of benzene rings is 5. The van der Waals surface area contributed by atoms with Crippen molar-refractivity contribution >= 4 is 53.4 Å². The third kappa shape index (κ3) is 3.92. The predicted molar refractivity (Wildman–Crippen MR) is 181 cm³/mol. The molecule has 6 heteroatoms. The minimum atomic E-state index is 0.575. The minimum Gasteiger partial charge on any atom is -0.278 e. The second kappa shape index (κ2) is 9.93. The van der Waals surface area contributed by atoms with E-state index >= 15 is 0 Å². The Hall–Kier alpha value is -5.72. The highest BCUT2D eigenvalue weighted by atomic mass is 32.1. The van der Waals surface area contributed by atoms with Crippen LogP contribution in [-0.4, -0.2) is 24.5 Å². The lowest BCUT2D eigenvalue weighted by molar-refractivity contribution is 1.01. The number of para-hydroxylation sites is 2. The number of thiophene rings is 1. The Morgan fingerprint density at radius 1 is 0.477 bits per heavy atom. The van der Waals surface area contributed by atoms with Gasteiger partial charge in [-0.2, -0.15) is 0 Å². The molecule has 0 unspecified atom stereocenters. The molecular weight excluding hydrogens is 559 g/mol. The van der Waals surface area contributed by atoms with E-state index in [1.54, 1.807) is 11.3 Å². The van der Waals surface area contributed by atoms with Crippen molar-refractivity contribution in [3.8, 4) is 40.0 Å². The molecule has 5 nitrogen and oxygen atoms in total. The first kappa shape index (κ1) is 24.8. The zero-order chi connectivity index (χ0) is 29.0. The van der Waals surface area contributed by atoms with E-state index < -0.39 is 0 Å². The molecule has 44 heavy (non-hydrogen) atoms. The normalized spacial score (nSPS) is 11.6. The van der Waals surface area contributed by atoms with E-state index in [1.807, 2.05) is 36.4 Å². The first-order valence-electron chi connectivity index (χ1n) is 14.5. The Balaban J connectivity index is 1.40. The summed E-state index contributed by atoms with van der Waals surface area (Å²) in [4.78, 5) is 20.9. The van der Waals surface area contributed by atoms with Gasteiger partial charge in [0.15, 0.2) is 5.82 Å². The molecule has 4 aromatic heterocycles. The van der Waals surface area contributed by atoms with E-state index in [0.29, 0.717) is 11.8 Å². The molecule has 0 saturated heterocycles. The summed E-state index contributed by atoms with van der Waals surface area (Å²) < 4.78 is 4.29. The largest absolute Gasteiger partial charge is 0.278 e. The van der Waals surface area contributed by atoms with Gasteiger partial charge in [0.25, 0.3) is 0 Å². The van der Waals surface area contributed by atoms with Crippen LogP contribution in [-0.2, 0) is 0 Å². The van der Waals surface area contributed by atoms with Gasteiger partial charge in [-0.3, -0.25) is 4.57 Å². The molecule has 0 saturated carbocycles. The maximum atomic E-state index is 5.32. The maximum Gasteiger partial charge on any atom is 0.236 e. The van der Waals surface area contributed by atoms with E-state index in [2.05, 4.69) is 108 Å². The topological polar surface area (TPSA) is 56.5 Å². The second-order valence-electron chi connectivity index (χ2n) is 10.7. The Morgan fingerprint density at radius 3 is 1.61 bits per heavy atom. The average Bonchev–Trinajstić information content (AvgIpc) is 3.64. The molecule has 0 atom stereocenters. The number of rotatable bonds is 4. The molecule has 0 spiro atoms. The molecule has 9 aromatic rings. The molecule has 0 aliphatic rings. The molecule has 4 heterocycles. The third-order valence-electron chi connectivity index (χ3n) is 8.07. The van der Waals surface area contributed by atoms with Crippen LogP contribution in [0, 0.1) is 0 Å². The molecule has 0 N–H and O–H groups in total. The molecular formula is C38H23N5S. The number of aromatic nitrogens is 5. The molecule has 0 bridgehead atoms. The van der Waals surface area contributed by atoms with E-state index in [-0.39, 0.29) is 0 Å². The van der Waals surface area contributed by atoms with Crippen molar-refractivity contribution in [2.45, 2.75) is 0 Å². The Labute approximate surface area is 256 Å². The monoisotopic (exact) mass is 581 g/mol. The fraction of sp³-hybridized carbons (Fsp3) is 0. The fourth-order valence-electron chi connectivity index (χ4n) is 6.04. The summed E-state index contributed by atoms with van der Waals surface area (Å²) in [5.41, 5.74) is 7.49. The van der Waals surface area contributed by atoms with Gasteiger partial charge in [-0.05, 0) is 24.3 Å². The second-order valence-corrected chi connectivity index (χ2v) is 11.8. The standard InChI is InChI=1S/C38H23N5S/c1-3-13-24(14-4-1)29-23-30(25-15-5-2-6-16-25)40-37(39-29)35-36-34(28-19-9-12-22-33(28)44-36)41-38(42-35)43-31-20-10-7-17-26(31)27-18-8-11-21-32(27)43/h1-23H. The molecule has 5 aromatic carbocycles. The van der Waals surface area contributed by atoms with Crippen LogP contribution in [0.1, 0.15) is 0 Å². The Kier molecular flexibility index (Phi) is 5.61. The number of fused-ring (bicyclic) bond motifs is 6. The maximum absolute atomic E-state index is 5.32. The Morgan fingerprint density at radius 2 is 1.00 bits per heavy atom. The summed E-state index contributed by atoms with van der Waals surface area (Å²) in [5, 5.41) is 3.43. The van der Waals surface area contributed by atoms with Gasteiger partial charge >= 0.3 is 0 Å². The van der Waals surface area contributed by atoms with Crippen LogP contribution in [0.25, 0.3) is 82.1 Å². The lowest BCUT2D eigenvalue weighted by Gasteiger charge is -2.12. The molecule has 9 rings (SSSR count). The average molecular weight is 582 g/mol. The fourth-order valence-corrected chi connectivity index (χ4v) is 7.16. The van der Waals surface area contributed by atoms with Gasteiger partial charge in [-0.1, -0.05) is 115 Å². The predicted octanol–water partition coefficient (Wildman–Crippen LogP) is 9.73. The molecule has 0 radical (unpaired) electrons. The van der Waals surface area contributed by atoms with Crippen LogP contribution >= 0.6 is 11.3 Å². The minimum absolute atomic E-state index is 0.575. The summed E-state index contributed by atoms with van der Waals surface area (Å²) in [6.45, 7) is 0. The molecule has 0 aliphatic heterocycles. The molecule has 206 valence electrons. The van der Waals surface area contributed by atoms with Crippen LogP contribution < -0.4 is 0 Å². The van der Waals surface area contributed by atoms with Crippen molar-refractivity contribution in [2.24, 2.45) is 0 Å². The molecule has 0 fully saturated rings. The zero-order valence-corrected chi connectivity index (χ0v) is 24.2. The van der Waals surface area contributed by atoms with Crippen LogP contribution in [0.4, 0.5) is 0 Å². The van der Waals surface area contributed by atoms with Crippen molar-refractivity contribution in [1.29, 1.82) is 0 Å². The summed E-state index contributed by atoms with van der Waals surface area (Å²) in [6, 6.07) is 47.9. The lowest BCUT2D eigenvalue weighted by atomic mass is 10.1. The van der Waals surface area contributed by atoms with Crippen molar-refractivity contribution in [2.75, 3.05) is 0 Å². The van der Waals surface area contributed by atoms with Gasteiger partial charge in [0.2, 0.25) is 5.95 Å². The van der Waals surface area contributed by atoms with Crippen molar-refractivity contribution in [1.82, 2.24) is 24.5 Å². The highest BCUT2D eigenvalue weighted by molar-refractivity contribution is 7.26. The third-order valence-corrected chi connectivity index (χ3v) is 9.23. The van der Waals surface area contributed by atoms with E-state index in [1.165, 1.54) is 0 Å². The van der Waals surface area contributed by atoms with Crippen LogP contribution in [0.2, 0.25) is 0 Å². The quantitative estimate of drug-likeness (QED) is 0.208. The van der Waals surface area contributed by atoms with Crippen molar-refractivity contribution < 1.29 is 0 Å². The summed E-state index contributed by atoms with van der Waals surface area (Å²) >= 11 is 1.69. The van der Waals surface area contributed by atoms with Gasteiger partial charge in [0.1, 0.15) is 5.69 Å². The van der Waals surface area contributed by atoms with Gasteiger partial charge < -0.3 is 0 Å². The van der Waals surface area contributed by atoms with E-state index in [0.717, 1.165) is 70.3 Å². The zero-order valence-electron chi connectivity index (χ0n) is 23.4. The molecule has 0 aliphatic carbocycles. The van der Waals surface area contributed by atoms with Crippen molar-refractivity contribution in [3.05, 3.63) is 140 Å². The summed E-state index contributed by atoms with van der Waals surface area (Å²) in [6.07, 6.45) is 0. The van der Waals surface area contributed by atoms with Gasteiger partial charge in [-0.25, -0.2) is 19.9 Å². The Bertz CT molecular complexity index is 2390. The highest BCUT2D eigenvalue weighted by Gasteiger charge is 2.22. The smallest absolute Gasteiger partial charge is 0.236 e. The highest BCUT2D eigenvalue weighted by Crippen LogP contribution is 2.40. The number of hydrogen-bond donors (Lipinski definition) is 0. The first-order chi connectivity index (χ1) is 21.8. The van der Waals surface area contributed by atoms with Gasteiger partial charge in [0.05, 0.1) is 32.6 Å². The summed E-state index contributed by atoms with van der Waals surface area (Å²) in [5.74, 6) is 1.18. The van der Waals surface area contributed by atoms with Gasteiger partial charge in [-0.15, -0.1) is 11.3 Å². The molecule has 0 amide bonds.